The van der Waals surface area contributed by atoms with Crippen molar-refractivity contribution >= 4 is 17.5 Å². The van der Waals surface area contributed by atoms with E-state index in [1.807, 2.05) is 18.2 Å². The number of hydrogen-bond acceptors (Lipinski definition) is 3. The second kappa shape index (κ2) is 8.53. The second-order valence-electron chi connectivity index (χ2n) is 7.56. The van der Waals surface area contributed by atoms with Crippen molar-refractivity contribution in [3.05, 3.63) is 78.0 Å². The third-order valence-electron chi connectivity index (χ3n) is 5.48. The minimum Gasteiger partial charge on any atom is -0.469 e. The maximum atomic E-state index is 13.4. The summed E-state index contributed by atoms with van der Waals surface area (Å²) in [4.78, 5) is 27.2. The molecule has 30 heavy (non-hydrogen) atoms. The van der Waals surface area contributed by atoms with E-state index in [-0.39, 0.29) is 23.5 Å². The molecule has 1 fully saturated rings. The van der Waals surface area contributed by atoms with Gasteiger partial charge in [0.15, 0.2) is 0 Å². The van der Waals surface area contributed by atoms with E-state index in [4.69, 9.17) is 4.42 Å². The SMILES string of the molecule is Cc1occc1C(=O)N1CCCC(C(=O)Nc2ccc(-c3cccc(F)c3)cc2)C1. The van der Waals surface area contributed by atoms with Gasteiger partial charge in [0.2, 0.25) is 5.91 Å². The summed E-state index contributed by atoms with van der Waals surface area (Å²) in [5, 5.41) is 2.94. The Bertz CT molecular complexity index is 1060. The van der Waals surface area contributed by atoms with Gasteiger partial charge in [-0.3, -0.25) is 9.59 Å². The zero-order chi connectivity index (χ0) is 21.1. The molecule has 1 N–H and O–H groups in total. The molecule has 0 aliphatic carbocycles. The Morgan fingerprint density at radius 3 is 2.60 bits per heavy atom. The molecule has 1 aliphatic rings. The number of halogens is 1. The summed E-state index contributed by atoms with van der Waals surface area (Å²) in [6, 6.07) is 15.4. The van der Waals surface area contributed by atoms with Crippen LogP contribution in [0, 0.1) is 18.7 Å². The Balaban J connectivity index is 1.40. The number of nitrogens with zero attached hydrogens (tertiary/aromatic N) is 1. The topological polar surface area (TPSA) is 62.6 Å². The lowest BCUT2D eigenvalue weighted by molar-refractivity contribution is -0.121. The average molecular weight is 406 g/mol. The molecule has 4 rings (SSSR count). The fourth-order valence-corrected chi connectivity index (χ4v) is 3.81. The van der Waals surface area contributed by atoms with Gasteiger partial charge in [-0.1, -0.05) is 24.3 Å². The molecule has 3 aromatic rings. The average Bonchev–Trinajstić information content (AvgIpc) is 3.19. The van der Waals surface area contributed by atoms with Crippen molar-refractivity contribution in [3.63, 3.8) is 0 Å². The fourth-order valence-electron chi connectivity index (χ4n) is 3.81. The molecule has 0 spiro atoms. The van der Waals surface area contributed by atoms with E-state index in [0.29, 0.717) is 30.1 Å². The minimum absolute atomic E-state index is 0.0989. The van der Waals surface area contributed by atoms with Gasteiger partial charge in [-0.25, -0.2) is 4.39 Å². The number of hydrogen-bond donors (Lipinski definition) is 1. The maximum Gasteiger partial charge on any atom is 0.257 e. The molecular weight excluding hydrogens is 383 g/mol. The van der Waals surface area contributed by atoms with Crippen molar-refractivity contribution in [2.24, 2.45) is 5.92 Å². The van der Waals surface area contributed by atoms with Gasteiger partial charge in [0.25, 0.3) is 5.91 Å². The first-order valence-corrected chi connectivity index (χ1v) is 10.0. The predicted molar refractivity (Wildman–Crippen MR) is 113 cm³/mol. The summed E-state index contributed by atoms with van der Waals surface area (Å²) in [5.74, 6) is -0.164. The molecule has 2 aromatic carbocycles. The van der Waals surface area contributed by atoms with Crippen LogP contribution in [0.3, 0.4) is 0 Å². The summed E-state index contributed by atoms with van der Waals surface area (Å²) in [6.07, 6.45) is 3.02. The van der Waals surface area contributed by atoms with Gasteiger partial charge in [0.1, 0.15) is 11.6 Å². The van der Waals surface area contributed by atoms with E-state index in [9.17, 15) is 14.0 Å². The number of benzene rings is 2. The highest BCUT2D eigenvalue weighted by Gasteiger charge is 2.30. The summed E-state index contributed by atoms with van der Waals surface area (Å²) in [6.45, 7) is 2.78. The van der Waals surface area contributed by atoms with Crippen molar-refractivity contribution in [2.75, 3.05) is 18.4 Å². The van der Waals surface area contributed by atoms with Crippen LogP contribution in [-0.4, -0.2) is 29.8 Å². The number of furan rings is 1. The first-order valence-electron chi connectivity index (χ1n) is 10.0. The molecule has 1 aliphatic heterocycles. The predicted octanol–water partition coefficient (Wildman–Crippen LogP) is 4.89. The molecular formula is C24H23FN2O3. The van der Waals surface area contributed by atoms with Crippen molar-refractivity contribution in [3.8, 4) is 11.1 Å². The molecule has 1 saturated heterocycles. The van der Waals surface area contributed by atoms with E-state index < -0.39 is 0 Å². The number of carbonyl (C=O) groups excluding carboxylic acids is 2. The Morgan fingerprint density at radius 1 is 1.10 bits per heavy atom. The van der Waals surface area contributed by atoms with Crippen LogP contribution in [0.5, 0.6) is 0 Å². The van der Waals surface area contributed by atoms with Gasteiger partial charge in [-0.05, 0) is 61.2 Å². The van der Waals surface area contributed by atoms with Crippen LogP contribution in [0.15, 0.2) is 65.3 Å². The van der Waals surface area contributed by atoms with E-state index in [2.05, 4.69) is 5.32 Å². The van der Waals surface area contributed by atoms with E-state index in [1.54, 1.807) is 36.1 Å². The molecule has 6 heteroatoms. The van der Waals surface area contributed by atoms with Crippen LogP contribution in [-0.2, 0) is 4.79 Å². The van der Waals surface area contributed by atoms with Gasteiger partial charge in [-0.15, -0.1) is 0 Å². The zero-order valence-electron chi connectivity index (χ0n) is 16.7. The lowest BCUT2D eigenvalue weighted by Crippen LogP contribution is -2.43. The van der Waals surface area contributed by atoms with Gasteiger partial charge in [0.05, 0.1) is 17.7 Å². The number of amides is 2. The van der Waals surface area contributed by atoms with E-state index >= 15 is 0 Å². The van der Waals surface area contributed by atoms with Crippen molar-refractivity contribution < 1.29 is 18.4 Å². The molecule has 2 heterocycles. The molecule has 0 saturated carbocycles. The van der Waals surface area contributed by atoms with Crippen LogP contribution in [0.1, 0.15) is 29.0 Å². The number of aryl methyl sites for hydroxylation is 1. The van der Waals surface area contributed by atoms with Crippen LogP contribution in [0.2, 0.25) is 0 Å². The molecule has 0 radical (unpaired) electrons. The number of rotatable bonds is 4. The summed E-state index contributed by atoms with van der Waals surface area (Å²) in [7, 11) is 0. The number of anilines is 1. The van der Waals surface area contributed by atoms with E-state index in [0.717, 1.165) is 24.0 Å². The molecule has 154 valence electrons. The number of likely N-dealkylation sites (tertiary alicyclic amines) is 1. The fraction of sp³-hybridized carbons (Fsp3) is 0.250. The van der Waals surface area contributed by atoms with E-state index in [1.165, 1.54) is 18.4 Å². The minimum atomic E-state index is -0.285. The molecule has 5 nitrogen and oxygen atoms in total. The van der Waals surface area contributed by atoms with Gasteiger partial charge < -0.3 is 14.6 Å². The first kappa shape index (κ1) is 19.9. The highest BCUT2D eigenvalue weighted by atomic mass is 19.1. The smallest absolute Gasteiger partial charge is 0.257 e. The van der Waals surface area contributed by atoms with Crippen LogP contribution in [0.25, 0.3) is 11.1 Å². The summed E-state index contributed by atoms with van der Waals surface area (Å²) in [5.41, 5.74) is 2.87. The normalized spacial score (nSPS) is 16.3. The van der Waals surface area contributed by atoms with Crippen molar-refractivity contribution in [1.29, 1.82) is 0 Å². The van der Waals surface area contributed by atoms with Crippen LogP contribution >= 0.6 is 0 Å². The summed E-state index contributed by atoms with van der Waals surface area (Å²) < 4.78 is 18.7. The Kier molecular flexibility index (Phi) is 5.65. The monoisotopic (exact) mass is 406 g/mol. The largest absolute Gasteiger partial charge is 0.469 e. The molecule has 1 aromatic heterocycles. The molecule has 0 bridgehead atoms. The Labute approximate surface area is 174 Å². The van der Waals surface area contributed by atoms with Gasteiger partial charge in [-0.2, -0.15) is 0 Å². The molecule has 1 atom stereocenters. The highest BCUT2D eigenvalue weighted by molar-refractivity contribution is 5.97. The lowest BCUT2D eigenvalue weighted by Gasteiger charge is -2.32. The second-order valence-corrected chi connectivity index (χ2v) is 7.56. The standard InChI is InChI=1S/C24H23FN2O3/c1-16-22(11-13-30-16)24(29)27-12-3-5-19(15-27)23(28)26-21-9-7-17(8-10-21)18-4-2-6-20(25)14-18/h2,4,6-11,13-14,19H,3,5,12,15H2,1H3,(H,26,28). The lowest BCUT2D eigenvalue weighted by atomic mass is 9.96. The highest BCUT2D eigenvalue weighted by Crippen LogP contribution is 2.24. The molecule has 1 unspecified atom stereocenters. The first-order chi connectivity index (χ1) is 14.5. The molecule has 2 amide bonds. The number of carbonyl (C=O) groups is 2. The van der Waals surface area contributed by atoms with Crippen molar-refractivity contribution in [2.45, 2.75) is 19.8 Å². The quantitative estimate of drug-likeness (QED) is 0.671. The van der Waals surface area contributed by atoms with Gasteiger partial charge >= 0.3 is 0 Å². The van der Waals surface area contributed by atoms with Crippen molar-refractivity contribution in [1.82, 2.24) is 4.90 Å². The van der Waals surface area contributed by atoms with Gasteiger partial charge in [0, 0.05) is 18.8 Å². The third-order valence-corrected chi connectivity index (χ3v) is 5.48. The number of piperidine rings is 1. The Morgan fingerprint density at radius 2 is 1.90 bits per heavy atom. The Hall–Kier alpha value is -3.41. The van der Waals surface area contributed by atoms with Crippen LogP contribution < -0.4 is 5.32 Å². The third kappa shape index (κ3) is 4.27. The van der Waals surface area contributed by atoms with Crippen LogP contribution in [0.4, 0.5) is 10.1 Å². The zero-order valence-corrected chi connectivity index (χ0v) is 16.7. The maximum absolute atomic E-state index is 13.4. The number of nitrogens with one attached hydrogen (secondary N) is 1. The summed E-state index contributed by atoms with van der Waals surface area (Å²) >= 11 is 0.